The maximum atomic E-state index is 9.14. The van der Waals surface area contributed by atoms with Crippen molar-refractivity contribution in [2.24, 2.45) is 11.8 Å². The third kappa shape index (κ3) is 5.54. The minimum absolute atomic E-state index is 0.307. The van der Waals surface area contributed by atoms with E-state index < -0.39 is 15.4 Å². The minimum Gasteiger partial charge on any atom is -0.413 e. The van der Waals surface area contributed by atoms with Crippen LogP contribution in [0.4, 0.5) is 0 Å². The normalized spacial score (nSPS) is 33.4. The zero-order chi connectivity index (χ0) is 28.3. The maximum absolute atomic E-state index is 9.14. The molecule has 6 aliphatic carbocycles. The first-order valence-corrected chi connectivity index (χ1v) is 25.9. The molecule has 240 valence electrons. The Balaban J connectivity index is 1.42. The maximum Gasteiger partial charge on any atom is 0.187 e. The van der Waals surface area contributed by atoms with Crippen molar-refractivity contribution < 1.29 is 4.43 Å². The van der Waals surface area contributed by atoms with Crippen LogP contribution in [0.1, 0.15) is 199 Å². The van der Waals surface area contributed by atoms with Gasteiger partial charge in [-0.2, -0.15) is 0 Å². The lowest BCUT2D eigenvalue weighted by Crippen LogP contribution is -2.80. The number of rotatable bonds is 6. The average Bonchev–Trinajstić information content (AvgIpc) is 3.10. The highest BCUT2D eigenvalue weighted by molar-refractivity contribution is 7.42. The van der Waals surface area contributed by atoms with Crippen molar-refractivity contribution in [1.29, 1.82) is 0 Å². The lowest BCUT2D eigenvalue weighted by molar-refractivity contribution is -0.0872. The van der Waals surface area contributed by atoms with Gasteiger partial charge >= 0.3 is 0 Å². The smallest absolute Gasteiger partial charge is 0.187 e. The lowest BCUT2D eigenvalue weighted by atomic mass is 9.65. The van der Waals surface area contributed by atoms with E-state index in [1.165, 1.54) is 77.0 Å². The Morgan fingerprint density at radius 1 is 0.357 bits per heavy atom. The summed E-state index contributed by atoms with van der Waals surface area (Å²) in [5.74, 6) is 1.83. The predicted molar refractivity (Wildman–Crippen MR) is 185 cm³/mol. The fourth-order valence-electron chi connectivity index (χ4n) is 14.1. The molecule has 7 rings (SSSR count). The molecular weight excluding hydrogens is 541 g/mol. The molecule has 0 atom stereocenters. The van der Waals surface area contributed by atoms with Crippen molar-refractivity contribution in [3.05, 3.63) is 0 Å². The Morgan fingerprint density at radius 3 is 1.02 bits per heavy atom. The zero-order valence-corrected chi connectivity index (χ0v) is 30.0. The molecule has 0 N–H and O–H groups in total. The Labute approximate surface area is 263 Å². The molecule has 0 unspecified atom stereocenters. The van der Waals surface area contributed by atoms with Crippen molar-refractivity contribution >= 4 is 15.4 Å². The van der Waals surface area contributed by atoms with Crippen LogP contribution < -0.4 is 0 Å². The highest BCUT2D eigenvalue weighted by Gasteiger charge is 2.73. The van der Waals surface area contributed by atoms with Crippen LogP contribution in [-0.2, 0) is 4.43 Å². The standard InChI is InChI=1S/C39H70OSi2/c1-7-19-33(20-8-1)39(34-21-9-2-10-22-34)31-32-41(35-23-11-3-12-24-35,36-25-13-4-14-26-36)42(40-39,37-27-15-5-16-28-37)38-29-17-6-18-30-38/h33-38H,1-32H2. The van der Waals surface area contributed by atoms with Gasteiger partial charge in [0.15, 0.2) is 7.83 Å². The van der Waals surface area contributed by atoms with Crippen molar-refractivity contribution in [2.45, 2.75) is 233 Å². The van der Waals surface area contributed by atoms with E-state index in [1.54, 1.807) is 128 Å². The molecule has 7 fully saturated rings. The first-order chi connectivity index (χ1) is 20.8. The average molecular weight is 611 g/mol. The van der Waals surface area contributed by atoms with Gasteiger partial charge < -0.3 is 4.43 Å². The molecule has 0 bridgehead atoms. The molecule has 1 saturated heterocycles. The highest BCUT2D eigenvalue weighted by atomic mass is 29.3. The molecule has 0 aromatic rings. The van der Waals surface area contributed by atoms with Crippen LogP contribution in [0.25, 0.3) is 0 Å². The Bertz CT molecular complexity index is 765. The summed E-state index contributed by atoms with van der Waals surface area (Å²) in [6, 6.07) is 1.77. The van der Waals surface area contributed by atoms with Gasteiger partial charge in [0.1, 0.15) is 0 Å². The molecule has 0 aromatic carbocycles. The summed E-state index contributed by atoms with van der Waals surface area (Å²) in [4.78, 5) is 0. The summed E-state index contributed by atoms with van der Waals surface area (Å²) in [5, 5.41) is 0. The second-order valence-electron chi connectivity index (χ2n) is 17.4. The number of hydrogen-bond acceptors (Lipinski definition) is 1. The summed E-state index contributed by atoms with van der Waals surface area (Å²) in [5.41, 5.74) is 4.72. The van der Waals surface area contributed by atoms with Crippen LogP contribution >= 0.6 is 0 Å². The van der Waals surface area contributed by atoms with E-state index in [0.29, 0.717) is 5.60 Å². The van der Waals surface area contributed by atoms with Crippen LogP contribution in [0.5, 0.6) is 0 Å². The summed E-state index contributed by atoms with van der Waals surface area (Å²) in [6.07, 6.45) is 48.3. The van der Waals surface area contributed by atoms with Gasteiger partial charge in [0.05, 0.1) is 13.2 Å². The van der Waals surface area contributed by atoms with Crippen LogP contribution in [0.2, 0.25) is 28.2 Å². The van der Waals surface area contributed by atoms with Crippen LogP contribution in [0, 0.1) is 11.8 Å². The van der Waals surface area contributed by atoms with Gasteiger partial charge in [-0.3, -0.25) is 0 Å². The van der Waals surface area contributed by atoms with E-state index in [9.17, 15) is 0 Å². The zero-order valence-electron chi connectivity index (χ0n) is 28.0. The molecular formula is C39H70OSi2. The Morgan fingerprint density at radius 2 is 0.667 bits per heavy atom. The topological polar surface area (TPSA) is 9.23 Å². The first kappa shape index (κ1) is 31.0. The summed E-state index contributed by atoms with van der Waals surface area (Å²) in [6.45, 7) is 0. The van der Waals surface area contributed by atoms with Crippen molar-refractivity contribution in [3.8, 4) is 0 Å². The lowest BCUT2D eigenvalue weighted by Gasteiger charge is -2.70. The number of hydrogen-bond donors (Lipinski definition) is 0. The SMILES string of the molecule is C1CCC(C2(C3CCCCC3)CC[Si](C3CCCCC3)(C3CCCCC3)[Si](C3CCCCC3)(C3CCCCC3)O2)CC1. The fraction of sp³-hybridized carbons (Fsp3) is 1.00. The van der Waals surface area contributed by atoms with Gasteiger partial charge in [0.2, 0.25) is 0 Å². The third-order valence-electron chi connectivity index (χ3n) is 15.7. The molecule has 1 heterocycles. The van der Waals surface area contributed by atoms with Gasteiger partial charge in [0.25, 0.3) is 0 Å². The Hall–Kier alpha value is 0.394. The summed E-state index contributed by atoms with van der Waals surface area (Å²) >= 11 is 0. The van der Waals surface area contributed by atoms with Crippen molar-refractivity contribution in [1.82, 2.24) is 0 Å². The predicted octanol–water partition coefficient (Wildman–Crippen LogP) is 13.1. The van der Waals surface area contributed by atoms with Gasteiger partial charge in [-0.1, -0.05) is 173 Å². The van der Waals surface area contributed by atoms with E-state index in [2.05, 4.69) is 0 Å². The van der Waals surface area contributed by atoms with Gasteiger partial charge in [-0.15, -0.1) is 0 Å². The largest absolute Gasteiger partial charge is 0.413 e. The first-order valence-electron chi connectivity index (χ1n) is 20.5. The van der Waals surface area contributed by atoms with Crippen LogP contribution in [0.15, 0.2) is 0 Å². The molecule has 3 heteroatoms. The van der Waals surface area contributed by atoms with Crippen LogP contribution in [0.3, 0.4) is 0 Å². The second-order valence-corrected chi connectivity index (χ2v) is 30.2. The summed E-state index contributed by atoms with van der Waals surface area (Å²) < 4.78 is 9.14. The molecule has 0 aromatic heterocycles. The van der Waals surface area contributed by atoms with E-state index in [1.807, 2.05) is 0 Å². The monoisotopic (exact) mass is 610 g/mol. The molecule has 0 radical (unpaired) electrons. The highest BCUT2D eigenvalue weighted by Crippen LogP contribution is 2.69. The molecule has 0 amide bonds. The van der Waals surface area contributed by atoms with Gasteiger partial charge in [-0.05, 0) is 66.1 Å². The quantitative estimate of drug-likeness (QED) is 0.272. The molecule has 1 aliphatic heterocycles. The van der Waals surface area contributed by atoms with Crippen molar-refractivity contribution in [2.75, 3.05) is 0 Å². The van der Waals surface area contributed by atoms with Crippen molar-refractivity contribution in [3.63, 3.8) is 0 Å². The Kier molecular flexibility index (Phi) is 10.4. The van der Waals surface area contributed by atoms with E-state index >= 15 is 0 Å². The minimum atomic E-state index is -2.00. The molecule has 1 nitrogen and oxygen atoms in total. The molecule has 42 heavy (non-hydrogen) atoms. The second kappa shape index (κ2) is 14.0. The summed E-state index contributed by atoms with van der Waals surface area (Å²) in [7, 11) is -3.63. The fourth-order valence-corrected chi connectivity index (χ4v) is 41.8. The third-order valence-corrected chi connectivity index (χ3v) is 36.9. The molecule has 0 spiro atoms. The van der Waals surface area contributed by atoms with E-state index in [-0.39, 0.29) is 0 Å². The van der Waals surface area contributed by atoms with E-state index in [0.717, 1.165) is 34.0 Å². The van der Waals surface area contributed by atoms with Gasteiger partial charge in [0, 0.05) is 0 Å². The molecule has 7 aliphatic rings. The van der Waals surface area contributed by atoms with Crippen LogP contribution in [-0.4, -0.2) is 21.0 Å². The van der Waals surface area contributed by atoms with Gasteiger partial charge in [-0.25, -0.2) is 0 Å². The van der Waals surface area contributed by atoms with E-state index in [4.69, 9.17) is 4.43 Å². The molecule has 6 saturated carbocycles.